The molecule has 1 aromatic carbocycles. The van der Waals surface area contributed by atoms with Crippen molar-refractivity contribution in [2.75, 3.05) is 19.6 Å². The third-order valence-electron chi connectivity index (χ3n) is 7.33. The van der Waals surface area contributed by atoms with Gasteiger partial charge in [0.25, 0.3) is 5.91 Å². The van der Waals surface area contributed by atoms with Gasteiger partial charge in [0.15, 0.2) is 5.76 Å². The number of rotatable bonds is 3. The van der Waals surface area contributed by atoms with Crippen LogP contribution in [0.3, 0.4) is 0 Å². The number of hydrogen-bond donors (Lipinski definition) is 0. The Kier molecular flexibility index (Phi) is 4.75. The van der Waals surface area contributed by atoms with E-state index in [4.69, 9.17) is 4.42 Å². The highest BCUT2D eigenvalue weighted by Gasteiger charge is 2.54. The highest BCUT2D eigenvalue weighted by molar-refractivity contribution is 5.91. The number of furan rings is 1. The van der Waals surface area contributed by atoms with Crippen LogP contribution in [0.5, 0.6) is 0 Å². The minimum absolute atomic E-state index is 0.0374. The molecule has 3 aliphatic rings. The van der Waals surface area contributed by atoms with Gasteiger partial charge in [0, 0.05) is 37.1 Å². The summed E-state index contributed by atoms with van der Waals surface area (Å²) in [4.78, 5) is 17.3. The Morgan fingerprint density at radius 1 is 0.964 bits per heavy atom. The zero-order valence-electron chi connectivity index (χ0n) is 16.6. The van der Waals surface area contributed by atoms with Gasteiger partial charge in [-0.1, -0.05) is 49.6 Å². The predicted molar refractivity (Wildman–Crippen MR) is 109 cm³/mol. The third-order valence-corrected chi connectivity index (χ3v) is 7.33. The van der Waals surface area contributed by atoms with Crippen molar-refractivity contribution >= 4 is 5.91 Å². The molecule has 2 aliphatic heterocycles. The average molecular weight is 379 g/mol. The summed E-state index contributed by atoms with van der Waals surface area (Å²) in [6.07, 6.45) is 10.6. The lowest BCUT2D eigenvalue weighted by molar-refractivity contribution is -0.132. The number of nitrogens with zero attached hydrogens (tertiary/aromatic N) is 2. The molecule has 4 heteroatoms. The Labute approximate surface area is 167 Å². The zero-order valence-corrected chi connectivity index (χ0v) is 16.6. The molecule has 1 amide bonds. The van der Waals surface area contributed by atoms with Crippen LogP contribution < -0.4 is 0 Å². The molecule has 3 fully saturated rings. The second kappa shape index (κ2) is 7.40. The Hall–Kier alpha value is -2.07. The molecule has 1 aromatic heterocycles. The van der Waals surface area contributed by atoms with Gasteiger partial charge in [-0.3, -0.25) is 9.69 Å². The first-order valence-electron chi connectivity index (χ1n) is 10.9. The topological polar surface area (TPSA) is 36.7 Å². The molecule has 1 saturated carbocycles. The minimum atomic E-state index is 0.0374. The summed E-state index contributed by atoms with van der Waals surface area (Å²) >= 11 is 0. The first-order chi connectivity index (χ1) is 13.8. The molecule has 0 radical (unpaired) electrons. The molecular weight excluding hydrogens is 348 g/mol. The molecule has 1 aliphatic carbocycles. The molecule has 4 nitrogen and oxygen atoms in total. The fourth-order valence-corrected chi connectivity index (χ4v) is 5.95. The first-order valence-corrected chi connectivity index (χ1v) is 10.9. The van der Waals surface area contributed by atoms with Gasteiger partial charge in [0.2, 0.25) is 0 Å². The summed E-state index contributed by atoms with van der Waals surface area (Å²) in [5.74, 6) is 0.501. The van der Waals surface area contributed by atoms with Crippen LogP contribution in [0.1, 0.15) is 67.1 Å². The number of benzene rings is 1. The number of carbonyl (C=O) groups is 1. The van der Waals surface area contributed by atoms with Crippen molar-refractivity contribution in [3.8, 4) is 0 Å². The summed E-state index contributed by atoms with van der Waals surface area (Å²) in [6.45, 7) is 2.90. The Morgan fingerprint density at radius 2 is 1.71 bits per heavy atom. The first kappa shape index (κ1) is 18.0. The maximum Gasteiger partial charge on any atom is 0.289 e. The number of carbonyl (C=O) groups excluding carboxylic acids is 1. The fraction of sp³-hybridized carbons (Fsp3) is 0.542. The summed E-state index contributed by atoms with van der Waals surface area (Å²) < 4.78 is 5.30. The van der Waals surface area contributed by atoms with Crippen LogP contribution in [-0.4, -0.2) is 41.4 Å². The van der Waals surface area contributed by atoms with E-state index in [0.29, 0.717) is 23.3 Å². The second-order valence-corrected chi connectivity index (χ2v) is 8.91. The molecule has 2 aromatic rings. The maximum atomic E-state index is 12.6. The largest absolute Gasteiger partial charge is 0.459 e. The summed E-state index contributed by atoms with van der Waals surface area (Å²) in [5, 5.41) is 0. The van der Waals surface area contributed by atoms with Crippen LogP contribution >= 0.6 is 0 Å². The van der Waals surface area contributed by atoms with E-state index in [1.165, 1.54) is 44.2 Å². The second-order valence-electron chi connectivity index (χ2n) is 8.91. The van der Waals surface area contributed by atoms with Crippen molar-refractivity contribution in [1.29, 1.82) is 0 Å². The average Bonchev–Trinajstić information content (AvgIpc) is 3.28. The normalized spacial score (nSPS) is 25.6. The van der Waals surface area contributed by atoms with Crippen LogP contribution in [0.2, 0.25) is 0 Å². The van der Waals surface area contributed by atoms with Crippen LogP contribution in [-0.2, 0) is 0 Å². The minimum Gasteiger partial charge on any atom is -0.459 e. The molecular formula is C24H30N2O2. The van der Waals surface area contributed by atoms with Crippen LogP contribution in [0, 0.1) is 5.41 Å². The van der Waals surface area contributed by atoms with Crippen LogP contribution in [0.15, 0.2) is 53.1 Å². The monoisotopic (exact) mass is 378 g/mol. The number of likely N-dealkylation sites (tertiary alicyclic amines) is 2. The van der Waals surface area contributed by atoms with E-state index in [1.54, 1.807) is 18.4 Å². The van der Waals surface area contributed by atoms with Gasteiger partial charge in [-0.05, 0) is 43.4 Å². The molecule has 0 N–H and O–H groups in total. The zero-order chi connectivity index (χ0) is 19.0. The van der Waals surface area contributed by atoms with Gasteiger partial charge in [-0.15, -0.1) is 0 Å². The summed E-state index contributed by atoms with van der Waals surface area (Å²) in [6, 6.07) is 15.8. The Morgan fingerprint density at radius 3 is 2.39 bits per heavy atom. The summed E-state index contributed by atoms with van der Waals surface area (Å²) in [7, 11) is 0. The fourth-order valence-electron chi connectivity index (χ4n) is 5.95. The van der Waals surface area contributed by atoms with Gasteiger partial charge in [-0.25, -0.2) is 0 Å². The molecule has 1 atom stereocenters. The molecule has 0 bridgehead atoms. The van der Waals surface area contributed by atoms with E-state index in [2.05, 4.69) is 35.2 Å². The van der Waals surface area contributed by atoms with Gasteiger partial charge in [0.1, 0.15) is 0 Å². The lowest BCUT2D eigenvalue weighted by atomic mass is 9.60. The number of hydrogen-bond acceptors (Lipinski definition) is 3. The highest BCUT2D eigenvalue weighted by atomic mass is 16.3. The summed E-state index contributed by atoms with van der Waals surface area (Å²) in [5.41, 5.74) is 1.98. The van der Waals surface area contributed by atoms with E-state index >= 15 is 0 Å². The molecule has 5 rings (SSSR count). The predicted octanol–water partition coefficient (Wildman–Crippen LogP) is 4.89. The van der Waals surface area contributed by atoms with Gasteiger partial charge in [-0.2, -0.15) is 0 Å². The molecule has 28 heavy (non-hydrogen) atoms. The molecule has 3 heterocycles. The quantitative estimate of drug-likeness (QED) is 0.763. The van der Waals surface area contributed by atoms with Crippen LogP contribution in [0.25, 0.3) is 0 Å². The Bertz CT molecular complexity index is 787. The lowest BCUT2D eigenvalue weighted by Crippen LogP contribution is -2.63. The SMILES string of the molecule is O=C(c1ccco1)N1CCC(N2CC3(CCCCC3)C2c2ccccc2)CC1. The van der Waals surface area contributed by atoms with Crippen molar-refractivity contribution < 1.29 is 9.21 Å². The van der Waals surface area contributed by atoms with Crippen molar-refractivity contribution in [2.24, 2.45) is 5.41 Å². The molecule has 1 spiro atoms. The highest BCUT2D eigenvalue weighted by Crippen LogP contribution is 2.58. The maximum absolute atomic E-state index is 12.6. The standard InChI is InChI=1S/C24H30N2O2/c27-23(21-10-7-17-28-21)25-15-11-20(12-16-25)26-18-24(13-5-2-6-14-24)22(26)19-8-3-1-4-9-19/h1,3-4,7-10,17,20,22H,2,5-6,11-16,18H2. The van der Waals surface area contributed by atoms with Gasteiger partial charge >= 0.3 is 0 Å². The van der Waals surface area contributed by atoms with E-state index < -0.39 is 0 Å². The van der Waals surface area contributed by atoms with E-state index in [-0.39, 0.29) is 5.91 Å². The lowest BCUT2D eigenvalue weighted by Gasteiger charge is -2.63. The third kappa shape index (κ3) is 3.08. The Balaban J connectivity index is 1.29. The van der Waals surface area contributed by atoms with Crippen LogP contribution in [0.4, 0.5) is 0 Å². The molecule has 1 unspecified atom stereocenters. The molecule has 148 valence electrons. The van der Waals surface area contributed by atoms with Gasteiger partial charge < -0.3 is 9.32 Å². The van der Waals surface area contributed by atoms with E-state index in [1.807, 2.05) is 4.90 Å². The number of piperidine rings is 1. The van der Waals surface area contributed by atoms with E-state index in [9.17, 15) is 4.79 Å². The van der Waals surface area contributed by atoms with Gasteiger partial charge in [0.05, 0.1) is 6.26 Å². The van der Waals surface area contributed by atoms with Crippen molar-refractivity contribution in [2.45, 2.75) is 57.0 Å². The van der Waals surface area contributed by atoms with Crippen molar-refractivity contribution in [3.05, 3.63) is 60.1 Å². The van der Waals surface area contributed by atoms with Crippen molar-refractivity contribution in [1.82, 2.24) is 9.80 Å². The van der Waals surface area contributed by atoms with E-state index in [0.717, 1.165) is 25.9 Å². The van der Waals surface area contributed by atoms with Crippen molar-refractivity contribution in [3.63, 3.8) is 0 Å². The molecule has 2 saturated heterocycles. The number of amides is 1. The smallest absolute Gasteiger partial charge is 0.289 e.